The zero-order valence-electron chi connectivity index (χ0n) is 18.5. The number of nitrogens with zero attached hydrogens (tertiary/aromatic N) is 4. The summed E-state index contributed by atoms with van der Waals surface area (Å²) in [7, 11) is 0. The van der Waals surface area contributed by atoms with E-state index in [0.29, 0.717) is 10.6 Å². The summed E-state index contributed by atoms with van der Waals surface area (Å²) in [6.07, 6.45) is 5.79. The monoisotopic (exact) mass is 454 g/mol. The van der Waals surface area contributed by atoms with Crippen molar-refractivity contribution in [1.29, 1.82) is 5.26 Å². The first-order valence-corrected chi connectivity index (χ1v) is 11.3. The Morgan fingerprint density at radius 2 is 1.55 bits per heavy atom. The van der Waals surface area contributed by atoms with Crippen LogP contribution in [0.5, 0.6) is 0 Å². The highest BCUT2D eigenvalue weighted by Crippen LogP contribution is 2.37. The maximum absolute atomic E-state index is 9.06. The van der Waals surface area contributed by atoms with Gasteiger partial charge in [-0.05, 0) is 49.2 Å². The van der Waals surface area contributed by atoms with Crippen LogP contribution in [-0.2, 0) is 4.74 Å². The zero-order valence-corrected chi connectivity index (χ0v) is 19.3. The maximum atomic E-state index is 9.06. The number of benzene rings is 2. The Morgan fingerprint density at radius 1 is 0.909 bits per heavy atom. The van der Waals surface area contributed by atoms with E-state index in [0.717, 1.165) is 46.2 Å². The molecule has 1 saturated heterocycles. The van der Waals surface area contributed by atoms with E-state index in [9.17, 15) is 0 Å². The molecule has 0 radical (unpaired) electrons. The summed E-state index contributed by atoms with van der Waals surface area (Å²) in [5.74, 6) is 0. The number of nitriles is 1. The molecule has 2 unspecified atom stereocenters. The molecule has 0 N–H and O–H groups in total. The van der Waals surface area contributed by atoms with E-state index in [1.54, 1.807) is 24.5 Å². The predicted molar refractivity (Wildman–Crippen MR) is 132 cm³/mol. The Balaban J connectivity index is 1.49. The van der Waals surface area contributed by atoms with E-state index < -0.39 is 0 Å². The number of rotatable bonds is 3. The standard InChI is InChI=1S/C27H23ClN4O/c1-17-15-32(16-18(2)33-17)22-9-7-20(8-10-22)23-14-31-27-24(12-30-13-25(27)26(23)28)21-5-3-19(11-29)4-6-21/h3-10,12-14,17-18H,15-16H2,1-2H3. The van der Waals surface area contributed by atoms with E-state index in [1.807, 2.05) is 18.3 Å². The van der Waals surface area contributed by atoms with Gasteiger partial charge in [0.15, 0.2) is 0 Å². The Morgan fingerprint density at radius 3 is 2.21 bits per heavy atom. The first-order valence-electron chi connectivity index (χ1n) is 11.0. The molecule has 1 aliphatic heterocycles. The minimum absolute atomic E-state index is 0.213. The van der Waals surface area contributed by atoms with E-state index in [1.165, 1.54) is 5.69 Å². The van der Waals surface area contributed by atoms with E-state index >= 15 is 0 Å². The second-order valence-electron chi connectivity index (χ2n) is 8.47. The third kappa shape index (κ3) is 4.16. The smallest absolute Gasteiger partial charge is 0.0991 e. The van der Waals surface area contributed by atoms with Crippen LogP contribution in [0.4, 0.5) is 5.69 Å². The number of aromatic nitrogens is 2. The summed E-state index contributed by atoms with van der Waals surface area (Å²) in [4.78, 5) is 11.5. The van der Waals surface area contributed by atoms with Crippen molar-refractivity contribution in [3.63, 3.8) is 0 Å². The molecule has 5 nitrogen and oxygen atoms in total. The van der Waals surface area contributed by atoms with Crippen molar-refractivity contribution in [1.82, 2.24) is 9.97 Å². The topological polar surface area (TPSA) is 62.0 Å². The van der Waals surface area contributed by atoms with Crippen LogP contribution in [0.25, 0.3) is 33.2 Å². The zero-order chi connectivity index (χ0) is 22.9. The number of anilines is 1. The van der Waals surface area contributed by atoms with E-state index in [4.69, 9.17) is 26.6 Å². The van der Waals surface area contributed by atoms with Crippen LogP contribution < -0.4 is 4.90 Å². The van der Waals surface area contributed by atoms with Crippen molar-refractivity contribution in [3.05, 3.63) is 77.7 Å². The number of pyridine rings is 2. The van der Waals surface area contributed by atoms with E-state index in [2.05, 4.69) is 54.1 Å². The molecule has 164 valence electrons. The van der Waals surface area contributed by atoms with Crippen molar-refractivity contribution in [3.8, 4) is 28.3 Å². The first kappa shape index (κ1) is 21.4. The quantitative estimate of drug-likeness (QED) is 0.374. The second-order valence-corrected chi connectivity index (χ2v) is 8.85. The van der Waals surface area contributed by atoms with Gasteiger partial charge in [-0.1, -0.05) is 35.9 Å². The van der Waals surface area contributed by atoms with Crippen molar-refractivity contribution < 1.29 is 4.74 Å². The van der Waals surface area contributed by atoms with Gasteiger partial charge in [-0.2, -0.15) is 5.26 Å². The number of fused-ring (bicyclic) bond motifs is 1. The van der Waals surface area contributed by atoms with Gasteiger partial charge in [0, 0.05) is 53.9 Å². The number of morpholine rings is 1. The van der Waals surface area contributed by atoms with Gasteiger partial charge >= 0.3 is 0 Å². The number of hydrogen-bond donors (Lipinski definition) is 0. The number of hydrogen-bond acceptors (Lipinski definition) is 5. The van der Waals surface area contributed by atoms with Crippen LogP contribution in [0, 0.1) is 11.3 Å². The van der Waals surface area contributed by atoms with Gasteiger partial charge in [0.25, 0.3) is 0 Å². The average Bonchev–Trinajstić information content (AvgIpc) is 2.84. The van der Waals surface area contributed by atoms with Gasteiger partial charge in [-0.15, -0.1) is 0 Å². The molecule has 6 heteroatoms. The molecule has 5 rings (SSSR count). The molecule has 4 aromatic rings. The number of halogens is 1. The highest BCUT2D eigenvalue weighted by atomic mass is 35.5. The minimum atomic E-state index is 0.213. The van der Waals surface area contributed by atoms with Crippen molar-refractivity contribution >= 4 is 28.2 Å². The number of ether oxygens (including phenoxy) is 1. The van der Waals surface area contributed by atoms with Crippen LogP contribution in [0.3, 0.4) is 0 Å². The molecule has 33 heavy (non-hydrogen) atoms. The summed E-state index contributed by atoms with van der Waals surface area (Å²) in [5, 5.41) is 10.5. The Hall–Kier alpha value is -3.46. The normalized spacial score (nSPS) is 18.3. The van der Waals surface area contributed by atoms with Gasteiger partial charge in [-0.3, -0.25) is 9.97 Å². The molecule has 1 fully saturated rings. The lowest BCUT2D eigenvalue weighted by Crippen LogP contribution is -2.45. The van der Waals surface area contributed by atoms with Crippen LogP contribution in [-0.4, -0.2) is 35.3 Å². The minimum Gasteiger partial charge on any atom is -0.372 e. The lowest BCUT2D eigenvalue weighted by atomic mass is 10.0. The Bertz CT molecular complexity index is 1340. The summed E-state index contributed by atoms with van der Waals surface area (Å²) < 4.78 is 5.85. The molecule has 2 aromatic carbocycles. The molecule has 3 heterocycles. The molecule has 2 aromatic heterocycles. The highest BCUT2D eigenvalue weighted by Gasteiger charge is 2.22. The van der Waals surface area contributed by atoms with Crippen LogP contribution >= 0.6 is 11.6 Å². The average molecular weight is 455 g/mol. The van der Waals surface area contributed by atoms with Crippen molar-refractivity contribution in [2.45, 2.75) is 26.1 Å². The SMILES string of the molecule is CC1CN(c2ccc(-c3cnc4c(-c5ccc(C#N)cc5)cncc4c3Cl)cc2)CC(C)O1. The molecule has 2 atom stereocenters. The largest absolute Gasteiger partial charge is 0.372 e. The van der Waals surface area contributed by atoms with Crippen LogP contribution in [0.15, 0.2) is 67.1 Å². The first-order chi connectivity index (χ1) is 16.0. The van der Waals surface area contributed by atoms with Gasteiger partial charge in [-0.25, -0.2) is 0 Å². The fraction of sp³-hybridized carbons (Fsp3) is 0.222. The molecule has 0 saturated carbocycles. The summed E-state index contributed by atoms with van der Waals surface area (Å²) in [6, 6.07) is 18.0. The van der Waals surface area contributed by atoms with Crippen molar-refractivity contribution in [2.24, 2.45) is 0 Å². The van der Waals surface area contributed by atoms with Crippen LogP contribution in [0.2, 0.25) is 5.02 Å². The molecule has 0 amide bonds. The molecular weight excluding hydrogens is 432 g/mol. The molecule has 0 spiro atoms. The third-order valence-electron chi connectivity index (χ3n) is 6.00. The lowest BCUT2D eigenvalue weighted by molar-refractivity contribution is -0.00521. The Kier molecular flexibility index (Phi) is 5.72. The second kappa shape index (κ2) is 8.82. The summed E-state index contributed by atoms with van der Waals surface area (Å²) in [5.41, 5.74) is 6.30. The molecular formula is C27H23ClN4O. The summed E-state index contributed by atoms with van der Waals surface area (Å²) >= 11 is 6.86. The molecule has 0 bridgehead atoms. The fourth-order valence-electron chi connectivity index (χ4n) is 4.46. The van der Waals surface area contributed by atoms with Gasteiger partial charge in [0.2, 0.25) is 0 Å². The maximum Gasteiger partial charge on any atom is 0.0991 e. The fourth-order valence-corrected chi connectivity index (χ4v) is 4.76. The van der Waals surface area contributed by atoms with Gasteiger partial charge in [0.05, 0.1) is 34.4 Å². The Labute approximate surface area is 198 Å². The molecule has 0 aliphatic carbocycles. The summed E-state index contributed by atoms with van der Waals surface area (Å²) in [6.45, 7) is 5.98. The molecule has 1 aliphatic rings. The van der Waals surface area contributed by atoms with Crippen LogP contribution in [0.1, 0.15) is 19.4 Å². The third-order valence-corrected chi connectivity index (χ3v) is 6.41. The lowest BCUT2D eigenvalue weighted by Gasteiger charge is -2.36. The van der Waals surface area contributed by atoms with E-state index in [-0.39, 0.29) is 12.2 Å². The highest BCUT2D eigenvalue weighted by molar-refractivity contribution is 6.38. The van der Waals surface area contributed by atoms with Gasteiger partial charge < -0.3 is 9.64 Å². The van der Waals surface area contributed by atoms with Gasteiger partial charge in [0.1, 0.15) is 0 Å². The van der Waals surface area contributed by atoms with Crippen molar-refractivity contribution in [2.75, 3.05) is 18.0 Å². The predicted octanol–water partition coefficient (Wildman–Crippen LogP) is 6.10.